The molecule has 2 heteroatoms. The van der Waals surface area contributed by atoms with Crippen molar-refractivity contribution in [3.8, 4) is 33.4 Å². The maximum Gasteiger partial charge on any atom is 0.136 e. The smallest absolute Gasteiger partial charge is 0.136 e. The first-order chi connectivity index (χ1) is 25.0. The predicted octanol–water partition coefficient (Wildman–Crippen LogP) is 13.8. The summed E-state index contributed by atoms with van der Waals surface area (Å²) in [6, 6.07) is 63.8. The first-order valence-corrected chi connectivity index (χ1v) is 17.7. The summed E-state index contributed by atoms with van der Waals surface area (Å²) in [6.07, 6.45) is 0. The molecule has 0 bridgehead atoms. The van der Waals surface area contributed by atoms with Gasteiger partial charge >= 0.3 is 0 Å². The maximum atomic E-state index is 6.27. The Balaban J connectivity index is 1.24. The first kappa shape index (κ1) is 29.5. The normalized spacial score (nSPS) is 13.1. The molecule has 0 unspecified atom stereocenters. The van der Waals surface area contributed by atoms with Gasteiger partial charge in [-0.15, -0.1) is 0 Å². The lowest BCUT2D eigenvalue weighted by molar-refractivity contribution is 0.660. The minimum atomic E-state index is -0.113. The lowest BCUT2D eigenvalue weighted by Gasteiger charge is -2.30. The van der Waals surface area contributed by atoms with Crippen molar-refractivity contribution >= 4 is 49.8 Å². The van der Waals surface area contributed by atoms with Gasteiger partial charge in [-0.25, -0.2) is 0 Å². The van der Waals surface area contributed by atoms with Crippen molar-refractivity contribution in [3.05, 3.63) is 187 Å². The van der Waals surface area contributed by atoms with Gasteiger partial charge in [-0.1, -0.05) is 141 Å². The molecule has 0 fully saturated rings. The molecule has 1 aliphatic rings. The number of nitrogens with zero attached hydrogens (tertiary/aromatic N) is 1. The van der Waals surface area contributed by atoms with Crippen LogP contribution in [-0.4, -0.2) is 0 Å². The largest absolute Gasteiger partial charge is 0.456 e. The Morgan fingerprint density at radius 3 is 1.90 bits per heavy atom. The molecule has 0 N–H and O–H groups in total. The van der Waals surface area contributed by atoms with E-state index in [2.05, 4.69) is 189 Å². The van der Waals surface area contributed by atoms with Crippen LogP contribution in [0.25, 0.3) is 66.1 Å². The van der Waals surface area contributed by atoms with Gasteiger partial charge in [-0.2, -0.15) is 0 Å². The van der Waals surface area contributed by atoms with Crippen LogP contribution in [-0.2, 0) is 5.41 Å². The van der Waals surface area contributed by atoms with Crippen molar-refractivity contribution < 1.29 is 4.42 Å². The van der Waals surface area contributed by atoms with E-state index in [-0.39, 0.29) is 5.41 Å². The molecule has 51 heavy (non-hydrogen) atoms. The van der Waals surface area contributed by atoms with Crippen LogP contribution >= 0.6 is 0 Å². The molecule has 10 rings (SSSR count). The van der Waals surface area contributed by atoms with Crippen molar-refractivity contribution in [1.29, 1.82) is 0 Å². The Kier molecular flexibility index (Phi) is 6.56. The van der Waals surface area contributed by atoms with Gasteiger partial charge in [-0.05, 0) is 98.2 Å². The van der Waals surface area contributed by atoms with Gasteiger partial charge in [0, 0.05) is 33.1 Å². The highest BCUT2D eigenvalue weighted by molar-refractivity contribution is 6.19. The number of furan rings is 1. The highest BCUT2D eigenvalue weighted by Crippen LogP contribution is 2.53. The number of hydrogen-bond donors (Lipinski definition) is 0. The van der Waals surface area contributed by atoms with Crippen LogP contribution in [0, 0.1) is 0 Å². The van der Waals surface area contributed by atoms with Gasteiger partial charge in [0.2, 0.25) is 0 Å². The Labute approximate surface area is 297 Å². The third-order valence-electron chi connectivity index (χ3n) is 10.9. The lowest BCUT2D eigenvalue weighted by atomic mass is 9.81. The van der Waals surface area contributed by atoms with Crippen LogP contribution in [0.3, 0.4) is 0 Å². The molecule has 0 aliphatic heterocycles. The van der Waals surface area contributed by atoms with Crippen molar-refractivity contribution in [3.63, 3.8) is 0 Å². The third-order valence-corrected chi connectivity index (χ3v) is 10.9. The van der Waals surface area contributed by atoms with E-state index in [1.165, 1.54) is 55.3 Å². The summed E-state index contributed by atoms with van der Waals surface area (Å²) in [5, 5.41) is 4.67. The van der Waals surface area contributed by atoms with Gasteiger partial charge in [0.15, 0.2) is 0 Å². The second-order valence-corrected chi connectivity index (χ2v) is 14.1. The fourth-order valence-electron chi connectivity index (χ4n) is 8.31. The van der Waals surface area contributed by atoms with E-state index in [0.29, 0.717) is 0 Å². The molecule has 0 spiro atoms. The molecule has 8 aromatic carbocycles. The zero-order valence-corrected chi connectivity index (χ0v) is 28.6. The van der Waals surface area contributed by atoms with Gasteiger partial charge in [0.1, 0.15) is 11.2 Å². The van der Waals surface area contributed by atoms with E-state index < -0.39 is 0 Å². The standard InChI is InChI=1S/C49H35NO/c1-49(2)43-19-11-9-17-39(43)42-31-45(41(30-44(42)49)34-15-7-4-8-16-34)50(36-24-21-33(22-25-36)32-13-5-3-6-14-32)37-26-27-38-35(29-37)23-28-47-48(38)40-18-10-12-20-46(40)51-47/h3-31H,1-2H3. The zero-order valence-electron chi connectivity index (χ0n) is 28.6. The fourth-order valence-corrected chi connectivity index (χ4v) is 8.31. The third kappa shape index (κ3) is 4.64. The summed E-state index contributed by atoms with van der Waals surface area (Å²) < 4.78 is 6.27. The molecule has 242 valence electrons. The van der Waals surface area contributed by atoms with E-state index in [4.69, 9.17) is 4.42 Å². The Morgan fingerprint density at radius 1 is 0.431 bits per heavy atom. The second kappa shape index (κ2) is 11.3. The molecule has 9 aromatic rings. The topological polar surface area (TPSA) is 16.4 Å². The molecule has 1 heterocycles. The average Bonchev–Trinajstić information content (AvgIpc) is 3.68. The van der Waals surface area contributed by atoms with Crippen molar-refractivity contribution in [1.82, 2.24) is 0 Å². The summed E-state index contributed by atoms with van der Waals surface area (Å²) in [6.45, 7) is 4.71. The van der Waals surface area contributed by atoms with Gasteiger partial charge in [0.25, 0.3) is 0 Å². The van der Waals surface area contributed by atoms with Crippen LogP contribution in [0.2, 0.25) is 0 Å². The van der Waals surface area contributed by atoms with Gasteiger partial charge in [-0.3, -0.25) is 0 Å². The lowest BCUT2D eigenvalue weighted by Crippen LogP contribution is -2.16. The molecular weight excluding hydrogens is 619 g/mol. The fraction of sp³-hybridized carbons (Fsp3) is 0.0612. The monoisotopic (exact) mass is 653 g/mol. The van der Waals surface area contributed by atoms with E-state index >= 15 is 0 Å². The van der Waals surface area contributed by atoms with E-state index in [1.807, 2.05) is 6.07 Å². The minimum absolute atomic E-state index is 0.113. The predicted molar refractivity (Wildman–Crippen MR) is 214 cm³/mol. The number of anilines is 3. The van der Waals surface area contributed by atoms with Crippen LogP contribution < -0.4 is 4.90 Å². The molecule has 0 radical (unpaired) electrons. The summed E-state index contributed by atoms with van der Waals surface area (Å²) >= 11 is 0. The molecule has 0 saturated heterocycles. The number of fused-ring (bicyclic) bond motifs is 8. The highest BCUT2D eigenvalue weighted by Gasteiger charge is 2.37. The van der Waals surface area contributed by atoms with Crippen LogP contribution in [0.5, 0.6) is 0 Å². The van der Waals surface area contributed by atoms with E-state index in [1.54, 1.807) is 0 Å². The van der Waals surface area contributed by atoms with E-state index in [9.17, 15) is 0 Å². The highest BCUT2D eigenvalue weighted by atomic mass is 16.3. The summed E-state index contributed by atoms with van der Waals surface area (Å²) in [5.41, 5.74) is 15.2. The zero-order chi connectivity index (χ0) is 34.1. The number of benzene rings is 8. The van der Waals surface area contributed by atoms with Gasteiger partial charge in [0.05, 0.1) is 5.69 Å². The van der Waals surface area contributed by atoms with Crippen molar-refractivity contribution in [2.75, 3.05) is 4.90 Å². The molecule has 0 amide bonds. The summed E-state index contributed by atoms with van der Waals surface area (Å²) in [4.78, 5) is 2.45. The van der Waals surface area contributed by atoms with Crippen LogP contribution in [0.4, 0.5) is 17.1 Å². The van der Waals surface area contributed by atoms with Crippen LogP contribution in [0.1, 0.15) is 25.0 Å². The molecule has 0 saturated carbocycles. The quantitative estimate of drug-likeness (QED) is 0.184. The van der Waals surface area contributed by atoms with Crippen molar-refractivity contribution in [2.24, 2.45) is 0 Å². The number of hydrogen-bond acceptors (Lipinski definition) is 2. The Bertz CT molecular complexity index is 2760. The average molecular weight is 654 g/mol. The second-order valence-electron chi connectivity index (χ2n) is 14.1. The SMILES string of the molecule is CC1(C)c2ccccc2-c2cc(N(c3ccc(-c4ccccc4)cc3)c3ccc4c(ccc5oc6ccccc6c54)c3)c(-c3ccccc3)cc21. The number of rotatable bonds is 5. The molecule has 0 atom stereocenters. The minimum Gasteiger partial charge on any atom is -0.456 e. The molecule has 1 aliphatic carbocycles. The number of para-hydroxylation sites is 1. The Hall–Kier alpha value is -6.38. The summed E-state index contributed by atoms with van der Waals surface area (Å²) in [5.74, 6) is 0. The van der Waals surface area contributed by atoms with Gasteiger partial charge < -0.3 is 9.32 Å². The summed E-state index contributed by atoms with van der Waals surface area (Å²) in [7, 11) is 0. The molecule has 1 aromatic heterocycles. The molecular formula is C49H35NO. The van der Waals surface area contributed by atoms with Crippen LogP contribution in [0.15, 0.2) is 180 Å². The first-order valence-electron chi connectivity index (χ1n) is 17.7. The maximum absolute atomic E-state index is 6.27. The van der Waals surface area contributed by atoms with Crippen molar-refractivity contribution in [2.45, 2.75) is 19.3 Å². The molecule has 2 nitrogen and oxygen atoms in total. The van der Waals surface area contributed by atoms with E-state index in [0.717, 1.165) is 39.0 Å². The Morgan fingerprint density at radius 2 is 1.10 bits per heavy atom.